The first-order valence-corrected chi connectivity index (χ1v) is 40.0. The molecule has 0 bridgehead atoms. The number of pyridine rings is 4. The summed E-state index contributed by atoms with van der Waals surface area (Å²) < 4.78 is 12.4. The summed E-state index contributed by atoms with van der Waals surface area (Å²) in [4.78, 5) is 102. The SMILES string of the molecule is Cc1nc2ccc(-c3cc(=O)n4cc(N5CCCN(C)CC5)cc(C)c4n3)nn2n1.Cc1nc2ccc(-c3cc(=O)n4cc(N5CCN(C)CC5)cc(C)c4n3)nn2n1.Cc1nc2ccc(-c3cc(=O)n4cc(N5CCNC(C)(C)C5)cc(C)c4n3)nn2n1.Cc1nc2ccc(-c3cc(=O)n4cc(N5C[C@@H](C)N[C@@H](C)C5)cc(C)c4n3)nn2n1. The summed E-state index contributed by atoms with van der Waals surface area (Å²) in [5.41, 5.74) is 17.2. The average Bonchev–Trinajstić information content (AvgIpc) is 1.30. The third kappa shape index (κ3) is 16.4. The van der Waals surface area contributed by atoms with Gasteiger partial charge in [0.25, 0.3) is 22.2 Å². The predicted octanol–water partition coefficient (Wildman–Crippen LogP) is 5.93. The molecule has 20 heterocycles. The molecule has 0 spiro atoms. The molecule has 119 heavy (non-hydrogen) atoms. The summed E-state index contributed by atoms with van der Waals surface area (Å²) in [6.07, 6.45) is 8.69. The normalized spacial score (nSPS) is 16.9. The summed E-state index contributed by atoms with van der Waals surface area (Å²) in [6.45, 7) is 36.4. The van der Waals surface area contributed by atoms with Gasteiger partial charge in [-0.15, -0.1) is 59.3 Å². The fourth-order valence-corrected chi connectivity index (χ4v) is 16.0. The van der Waals surface area contributed by atoms with E-state index in [1.54, 1.807) is 17.6 Å². The van der Waals surface area contributed by atoms with Crippen LogP contribution in [0.5, 0.6) is 0 Å². The van der Waals surface area contributed by atoms with Crippen molar-refractivity contribution in [2.45, 2.75) is 107 Å². The van der Waals surface area contributed by atoms with Gasteiger partial charge in [0.2, 0.25) is 0 Å². The monoisotopic (exact) mass is 1600 g/mol. The topological polar surface area (TPSA) is 353 Å². The van der Waals surface area contributed by atoms with E-state index in [0.29, 0.717) is 126 Å². The number of aromatic nitrogens is 24. The van der Waals surface area contributed by atoms with Crippen molar-refractivity contribution in [2.24, 2.45) is 0 Å². The Morgan fingerprint density at radius 1 is 0.336 bits per heavy atom. The third-order valence-corrected chi connectivity index (χ3v) is 21.8. The first kappa shape index (κ1) is 78.2. The van der Waals surface area contributed by atoms with Crippen LogP contribution in [0, 0.1) is 55.4 Å². The second-order valence-electron chi connectivity index (χ2n) is 32.2. The van der Waals surface area contributed by atoms with Gasteiger partial charge in [-0.05, 0) is 205 Å². The Bertz CT molecular complexity index is 6690. The molecule has 4 aliphatic heterocycles. The second-order valence-corrected chi connectivity index (χ2v) is 32.2. The summed E-state index contributed by atoms with van der Waals surface area (Å²) in [7, 11) is 4.28. The number of rotatable bonds is 8. The molecule has 0 aliphatic carbocycles. The first-order valence-electron chi connectivity index (χ1n) is 40.0. The summed E-state index contributed by atoms with van der Waals surface area (Å²) >= 11 is 0. The maximum atomic E-state index is 13.0. The van der Waals surface area contributed by atoms with Gasteiger partial charge in [-0.25, -0.2) is 39.9 Å². The van der Waals surface area contributed by atoms with Crippen molar-refractivity contribution in [2.75, 3.05) is 119 Å². The van der Waals surface area contributed by atoms with Crippen LogP contribution in [-0.4, -0.2) is 243 Å². The molecule has 0 radical (unpaired) electrons. The van der Waals surface area contributed by atoms with Gasteiger partial charge in [0.15, 0.2) is 22.6 Å². The number of likely N-dealkylation sites (N-methyl/N-ethyl adjacent to an activating group) is 2. The van der Waals surface area contributed by atoms with Crippen molar-refractivity contribution >= 4 is 67.9 Å². The van der Waals surface area contributed by atoms with E-state index < -0.39 is 0 Å². The molecular weight excluding hydrogens is 1510 g/mol. The second kappa shape index (κ2) is 31.6. The average molecular weight is 1600 g/mol. The summed E-state index contributed by atoms with van der Waals surface area (Å²) in [6, 6.07) is 29.9. The van der Waals surface area contributed by atoms with Crippen molar-refractivity contribution in [3.63, 3.8) is 0 Å². The van der Waals surface area contributed by atoms with E-state index >= 15 is 0 Å². The lowest BCUT2D eigenvalue weighted by molar-refractivity contribution is 0.312. The molecule has 2 atom stereocenters. The van der Waals surface area contributed by atoms with Gasteiger partial charge in [-0.3, -0.25) is 36.8 Å². The number of hydrogen-bond acceptors (Lipinski definition) is 28. The lowest BCUT2D eigenvalue weighted by Gasteiger charge is -2.40. The lowest BCUT2D eigenvalue weighted by atomic mass is 10.0. The van der Waals surface area contributed by atoms with Gasteiger partial charge in [-0.1, -0.05) is 0 Å². The van der Waals surface area contributed by atoms with E-state index in [1.165, 1.54) is 42.8 Å². The highest BCUT2D eigenvalue weighted by Gasteiger charge is 2.28. The Labute approximate surface area is 682 Å². The van der Waals surface area contributed by atoms with Crippen LogP contribution in [0.2, 0.25) is 0 Å². The van der Waals surface area contributed by atoms with E-state index in [9.17, 15) is 19.2 Å². The molecule has 16 aromatic heterocycles. The van der Waals surface area contributed by atoms with Gasteiger partial charge in [0.1, 0.15) is 68.7 Å². The quantitative estimate of drug-likeness (QED) is 0.178. The summed E-state index contributed by atoms with van der Waals surface area (Å²) in [5, 5.41) is 41.9. The number of hydrogen-bond donors (Lipinski definition) is 2. The molecule has 4 saturated heterocycles. The van der Waals surface area contributed by atoms with Crippen molar-refractivity contribution in [1.29, 1.82) is 0 Å². The Balaban J connectivity index is 0.000000113. The predicted molar refractivity (Wildman–Crippen MR) is 455 cm³/mol. The Morgan fingerprint density at radius 3 is 0.966 bits per heavy atom. The zero-order valence-corrected chi connectivity index (χ0v) is 69.2. The Morgan fingerprint density at radius 2 is 0.639 bits per heavy atom. The molecule has 0 saturated carbocycles. The van der Waals surface area contributed by atoms with E-state index in [4.69, 9.17) is 19.9 Å². The fraction of sp³-hybridized carbons (Fsp3) is 0.373. The minimum Gasteiger partial charge on any atom is -0.369 e. The number of anilines is 4. The smallest absolute Gasteiger partial charge is 0.258 e. The molecule has 4 aliphatic rings. The van der Waals surface area contributed by atoms with E-state index in [-0.39, 0.29) is 27.8 Å². The van der Waals surface area contributed by atoms with Gasteiger partial charge in [0.05, 0.1) is 45.5 Å². The van der Waals surface area contributed by atoms with Gasteiger partial charge in [0, 0.05) is 145 Å². The van der Waals surface area contributed by atoms with E-state index in [1.807, 2.05) is 129 Å². The van der Waals surface area contributed by atoms with Crippen LogP contribution in [0.4, 0.5) is 22.7 Å². The molecular formula is C83H94N32O4. The maximum absolute atomic E-state index is 13.0. The van der Waals surface area contributed by atoms with Crippen LogP contribution < -0.4 is 52.5 Å². The fourth-order valence-electron chi connectivity index (χ4n) is 16.0. The lowest BCUT2D eigenvalue weighted by Crippen LogP contribution is -2.57. The summed E-state index contributed by atoms with van der Waals surface area (Å²) in [5.74, 6) is 2.58. The van der Waals surface area contributed by atoms with Crippen molar-refractivity contribution in [1.82, 2.24) is 137 Å². The van der Waals surface area contributed by atoms with Gasteiger partial charge < -0.3 is 40.0 Å². The van der Waals surface area contributed by atoms with E-state index in [0.717, 1.165) is 137 Å². The van der Waals surface area contributed by atoms with Crippen LogP contribution in [0.15, 0.2) is 141 Å². The molecule has 2 N–H and O–H groups in total. The maximum Gasteiger partial charge on any atom is 0.258 e. The minimum atomic E-state index is -0.133. The molecule has 36 heteroatoms. The molecule has 4 fully saturated rings. The van der Waals surface area contributed by atoms with Crippen molar-refractivity contribution < 1.29 is 0 Å². The molecule has 0 amide bonds. The van der Waals surface area contributed by atoms with Crippen LogP contribution in [-0.2, 0) is 0 Å². The number of aryl methyl sites for hydroxylation is 8. The van der Waals surface area contributed by atoms with Crippen molar-refractivity contribution in [3.05, 3.63) is 209 Å². The molecule has 0 aromatic carbocycles. The Kier molecular flexibility index (Phi) is 20.8. The van der Waals surface area contributed by atoms with Crippen molar-refractivity contribution in [3.8, 4) is 45.6 Å². The number of piperazine rings is 3. The highest BCUT2D eigenvalue weighted by Crippen LogP contribution is 2.29. The Hall–Kier alpha value is -13.3. The van der Waals surface area contributed by atoms with Crippen LogP contribution >= 0.6 is 0 Å². The first-order chi connectivity index (χ1) is 57.1. The molecule has 610 valence electrons. The number of nitrogens with one attached hydrogen (secondary N) is 2. The van der Waals surface area contributed by atoms with Crippen LogP contribution in [0.3, 0.4) is 0 Å². The largest absolute Gasteiger partial charge is 0.369 e. The number of nitrogens with zero attached hydrogens (tertiary/aromatic N) is 30. The minimum absolute atomic E-state index is 0.0260. The number of fused-ring (bicyclic) bond motifs is 8. The zero-order valence-electron chi connectivity index (χ0n) is 69.2. The van der Waals surface area contributed by atoms with Crippen LogP contribution in [0.1, 0.15) is 79.7 Å². The van der Waals surface area contributed by atoms with Gasteiger partial charge >= 0.3 is 0 Å². The molecule has 16 aromatic rings. The molecule has 36 nitrogen and oxygen atoms in total. The van der Waals surface area contributed by atoms with E-state index in [2.05, 4.69) is 167 Å². The van der Waals surface area contributed by atoms with Crippen LogP contribution in [0.25, 0.3) is 90.7 Å². The molecule has 0 unspecified atom stereocenters. The van der Waals surface area contributed by atoms with Gasteiger partial charge in [-0.2, -0.15) is 0 Å². The highest BCUT2D eigenvalue weighted by atomic mass is 16.1. The third-order valence-electron chi connectivity index (χ3n) is 21.8. The standard InChI is InChI=1S/3C21H24N8O.C20H22N8O/c1-12-7-16(27-9-13(2)22-14(3)10-27)11-28-20(30)8-18(24-21(12)28)17-5-6-19-23-15(4)25-29(19)26-17;1-13-9-15(27-8-7-22-21(3,4)12-27)11-28-19(30)10-17(24-20(13)28)16-5-6-18-23-14(2)25-29(18)26-16;1-14-11-16(27-8-4-7-26(3)9-10-27)13-28-20(30)12-18(23-21(14)28)17-5-6-19-22-15(2)24-29(19)25-17;1-13-10-15(26-8-6-25(3)7-9-26)12-27-19(29)11-17(22-20(13)27)16-4-5-18-21-14(2)23-28(18)24-16/h5-8,11,13-14,22H,9-10H2,1-4H3;5-6,9-11,22H,7-8,12H2,1-4H3;5-6,11-13H,4,7-10H2,1-3H3;4-5,10-12H,6-9H2,1-3H3/t13-,14+;;;. The molecule has 20 rings (SSSR count). The zero-order chi connectivity index (χ0) is 83.0. The highest BCUT2D eigenvalue weighted by molar-refractivity contribution is 5.68.